The molecule has 0 aliphatic heterocycles. The molecule has 10 N–H and O–H groups in total. The first-order valence-corrected chi connectivity index (χ1v) is 2.25. The third-order valence-corrected chi connectivity index (χ3v) is 0. The molecule has 8 nitrogen and oxygen atoms in total. The first-order chi connectivity index (χ1) is 3.46. The second-order valence-electron chi connectivity index (χ2n) is 0.513. The van der Waals surface area contributed by atoms with Crippen LogP contribution in [0.2, 0.25) is 0 Å². The van der Waals surface area contributed by atoms with E-state index in [0.29, 0.717) is 0 Å². The maximum Gasteiger partial charge on any atom is 0.503 e. The van der Waals surface area contributed by atoms with Crippen LogP contribution in [0, 0.1) is 0 Å². The Balaban J connectivity index is -0.0000000300. The van der Waals surface area contributed by atoms with Crippen LogP contribution in [-0.4, -0.2) is 29.7 Å². The van der Waals surface area contributed by atoms with E-state index in [1.54, 1.807) is 0 Å². The molecular weight excluding hydrogens is 168 g/mol. The van der Waals surface area contributed by atoms with Gasteiger partial charge in [0.2, 0.25) is 0 Å². The Labute approximate surface area is 59.1 Å². The van der Waals surface area contributed by atoms with Crippen molar-refractivity contribution in [2.45, 2.75) is 0 Å². The summed E-state index contributed by atoms with van der Waals surface area (Å²) < 4.78 is 22.8. The summed E-state index contributed by atoms with van der Waals surface area (Å²) in [5.41, 5.74) is 0. The van der Waals surface area contributed by atoms with Gasteiger partial charge < -0.3 is 22.5 Å². The van der Waals surface area contributed by atoms with Crippen LogP contribution in [-0.2, 0) is 11.4 Å². The lowest BCUT2D eigenvalue weighted by Gasteiger charge is -1.60. The van der Waals surface area contributed by atoms with E-state index in [4.69, 9.17) is 28.3 Å². The number of carboxylic acid groups (broad SMARTS) is 2. The van der Waals surface area contributed by atoms with Gasteiger partial charge in [-0.05, 0) is 0 Å². The van der Waals surface area contributed by atoms with Crippen LogP contribution in [0.25, 0.3) is 0 Å². The smallest absolute Gasteiger partial charge is 0.450 e. The Morgan fingerprint density at radius 1 is 1.10 bits per heavy atom. The monoisotopic (exact) mass is 178 g/mol. The van der Waals surface area contributed by atoms with E-state index in [1.165, 1.54) is 0 Å². The molecule has 0 heterocycles. The highest BCUT2D eigenvalue weighted by atomic mass is 32.2. The quantitative estimate of drug-likeness (QED) is 0.284. The standard InChI is InChI=1S/CH2O3.2H3N.H2O3S/c2-1(3)4;;;1-4(2)3/h(H2,2,3,4);2*1H3;(H2,1,2,3). The van der Waals surface area contributed by atoms with Gasteiger partial charge in [-0.2, -0.15) is 4.21 Å². The predicted octanol–water partition coefficient (Wildman–Crippen LogP) is 0.227. The van der Waals surface area contributed by atoms with Gasteiger partial charge in [0, 0.05) is 0 Å². The lowest BCUT2D eigenvalue weighted by molar-refractivity contribution is 0.137. The Bertz CT molecular complexity index is 73.7. The second-order valence-corrected chi connectivity index (χ2v) is 0.975. The van der Waals surface area contributed by atoms with Crippen molar-refractivity contribution in [3.8, 4) is 0 Å². The summed E-state index contributed by atoms with van der Waals surface area (Å²) in [5.74, 6) is 0. The van der Waals surface area contributed by atoms with Gasteiger partial charge in [0.15, 0.2) is 0 Å². The summed E-state index contributed by atoms with van der Waals surface area (Å²) in [7, 11) is 0. The van der Waals surface area contributed by atoms with Gasteiger partial charge in [0.25, 0.3) is 11.4 Å². The van der Waals surface area contributed by atoms with E-state index in [9.17, 15) is 0 Å². The normalized spacial score (nSPS) is 5.90. The third-order valence-electron chi connectivity index (χ3n) is 0. The number of rotatable bonds is 0. The maximum atomic E-state index is 8.67. The van der Waals surface area contributed by atoms with Gasteiger partial charge in [-0.15, -0.1) is 0 Å². The van der Waals surface area contributed by atoms with Gasteiger partial charge in [-0.1, -0.05) is 0 Å². The van der Waals surface area contributed by atoms with Crippen LogP contribution in [0.4, 0.5) is 4.79 Å². The van der Waals surface area contributed by atoms with E-state index >= 15 is 0 Å². The summed E-state index contributed by atoms with van der Waals surface area (Å²) in [6.45, 7) is 0. The average Bonchev–Trinajstić information content (AvgIpc) is 1.25. The van der Waals surface area contributed by atoms with Crippen LogP contribution in [0.15, 0.2) is 0 Å². The molecule has 0 aliphatic carbocycles. The molecule has 0 aromatic heterocycles. The molecule has 0 fully saturated rings. The van der Waals surface area contributed by atoms with Crippen molar-refractivity contribution in [1.82, 2.24) is 12.3 Å². The molecular formula is CH10N2O6S. The van der Waals surface area contributed by atoms with Crippen LogP contribution >= 0.6 is 0 Å². The Morgan fingerprint density at radius 3 is 1.10 bits per heavy atom. The number of hydrogen-bond acceptors (Lipinski definition) is 4. The molecule has 0 rings (SSSR count). The Hall–Kier alpha value is -0.740. The zero-order valence-corrected chi connectivity index (χ0v) is 5.74. The van der Waals surface area contributed by atoms with Crippen LogP contribution in [0.3, 0.4) is 0 Å². The molecule has 0 aromatic rings. The fourth-order valence-corrected chi connectivity index (χ4v) is 0. The molecule has 9 heteroatoms. The Morgan fingerprint density at radius 2 is 1.10 bits per heavy atom. The van der Waals surface area contributed by atoms with Crippen molar-refractivity contribution in [2.75, 3.05) is 0 Å². The summed E-state index contributed by atoms with van der Waals surface area (Å²) in [6, 6.07) is 0. The fourth-order valence-electron chi connectivity index (χ4n) is 0. The Kier molecular flexibility index (Phi) is 35.9. The van der Waals surface area contributed by atoms with Crippen molar-refractivity contribution >= 4 is 17.5 Å². The molecule has 0 aliphatic rings. The molecule has 0 aromatic carbocycles. The van der Waals surface area contributed by atoms with E-state index < -0.39 is 17.5 Å². The van der Waals surface area contributed by atoms with E-state index in [1.807, 2.05) is 0 Å². The van der Waals surface area contributed by atoms with Gasteiger partial charge in [0.05, 0.1) is 0 Å². The van der Waals surface area contributed by atoms with Crippen LogP contribution in [0.5, 0.6) is 0 Å². The zero-order valence-electron chi connectivity index (χ0n) is 4.93. The fraction of sp³-hybridized carbons (Fsp3) is 0. The van der Waals surface area contributed by atoms with Crippen molar-refractivity contribution < 1.29 is 28.3 Å². The summed E-state index contributed by atoms with van der Waals surface area (Å²) >= 11 is -2.61. The summed E-state index contributed by atoms with van der Waals surface area (Å²) in [5, 5.41) is 13.9. The molecule has 0 saturated heterocycles. The summed E-state index contributed by atoms with van der Waals surface area (Å²) in [6.07, 6.45) is -1.83. The molecule has 0 spiro atoms. The van der Waals surface area contributed by atoms with Gasteiger partial charge >= 0.3 is 6.16 Å². The molecule has 0 radical (unpaired) electrons. The van der Waals surface area contributed by atoms with E-state index in [0.717, 1.165) is 0 Å². The highest BCUT2D eigenvalue weighted by molar-refractivity contribution is 7.73. The average molecular weight is 178 g/mol. The minimum atomic E-state index is -2.61. The highest BCUT2D eigenvalue weighted by Crippen LogP contribution is 1.44. The molecule has 0 amide bonds. The molecule has 0 unspecified atom stereocenters. The van der Waals surface area contributed by atoms with E-state index in [-0.39, 0.29) is 12.3 Å². The van der Waals surface area contributed by atoms with Crippen LogP contribution < -0.4 is 12.3 Å². The van der Waals surface area contributed by atoms with Crippen molar-refractivity contribution in [1.29, 1.82) is 0 Å². The molecule has 0 atom stereocenters. The van der Waals surface area contributed by atoms with Crippen LogP contribution in [0.1, 0.15) is 0 Å². The lowest BCUT2D eigenvalue weighted by atomic mass is 11.5. The molecule has 0 saturated carbocycles. The van der Waals surface area contributed by atoms with Gasteiger partial charge in [-0.3, -0.25) is 9.11 Å². The largest absolute Gasteiger partial charge is 0.503 e. The first-order valence-electron chi connectivity index (χ1n) is 1.18. The minimum Gasteiger partial charge on any atom is -0.450 e. The van der Waals surface area contributed by atoms with Gasteiger partial charge in [-0.25, -0.2) is 4.79 Å². The van der Waals surface area contributed by atoms with Crippen molar-refractivity contribution in [3.63, 3.8) is 0 Å². The topological polar surface area (TPSA) is 185 Å². The maximum absolute atomic E-state index is 8.67. The van der Waals surface area contributed by atoms with Crippen molar-refractivity contribution in [2.24, 2.45) is 0 Å². The van der Waals surface area contributed by atoms with E-state index in [2.05, 4.69) is 0 Å². The lowest BCUT2D eigenvalue weighted by Crippen LogP contribution is -1.81. The zero-order chi connectivity index (χ0) is 7.15. The first kappa shape index (κ1) is 22.8. The molecule has 0 bridgehead atoms. The second kappa shape index (κ2) is 15.7. The third kappa shape index (κ3) is 520. The minimum absolute atomic E-state index is 0. The highest BCUT2D eigenvalue weighted by Gasteiger charge is 1.70. The van der Waals surface area contributed by atoms with Gasteiger partial charge in [0.1, 0.15) is 0 Å². The predicted molar refractivity (Wildman–Crippen MR) is 34.1 cm³/mol. The molecule has 10 heavy (non-hydrogen) atoms. The van der Waals surface area contributed by atoms with Crippen molar-refractivity contribution in [3.05, 3.63) is 0 Å². The summed E-state index contributed by atoms with van der Waals surface area (Å²) in [4.78, 5) is 8.56. The SMILES string of the molecule is N.N.O=C(O)O.O=S(O)O. The number of hydrogen-bond donors (Lipinski definition) is 6. The molecule has 66 valence electrons. The number of carbonyl (C=O) groups is 1.